The summed E-state index contributed by atoms with van der Waals surface area (Å²) in [5.41, 5.74) is 1.42. The summed E-state index contributed by atoms with van der Waals surface area (Å²) >= 11 is 12.9. The number of rotatable bonds is 7. The molecule has 1 heterocycles. The Morgan fingerprint density at radius 3 is 2.10 bits per heavy atom. The van der Waals surface area contributed by atoms with Crippen LogP contribution in [0.5, 0.6) is 0 Å². The lowest BCUT2D eigenvalue weighted by molar-refractivity contribution is -0.137. The van der Waals surface area contributed by atoms with Gasteiger partial charge in [-0.1, -0.05) is 47.5 Å². The van der Waals surface area contributed by atoms with Gasteiger partial charge in [-0.15, -0.1) is 0 Å². The van der Waals surface area contributed by atoms with Crippen molar-refractivity contribution in [3.8, 4) is 0 Å². The number of hydrazone groups is 1. The van der Waals surface area contributed by atoms with E-state index in [9.17, 15) is 22.8 Å². The first kappa shape index (κ1) is 31.5. The maximum atomic E-state index is 14.1. The minimum atomic E-state index is -4.56. The van der Waals surface area contributed by atoms with Crippen LogP contribution in [-0.2, 0) is 10.9 Å². The number of carbonyl (C=O) groups is 2. The number of benzene rings is 3. The zero-order valence-electron chi connectivity index (χ0n) is 22.8. The van der Waals surface area contributed by atoms with Crippen LogP contribution < -0.4 is 4.31 Å². The summed E-state index contributed by atoms with van der Waals surface area (Å²) in [6.07, 6.45) is -5.26. The number of urea groups is 1. The van der Waals surface area contributed by atoms with E-state index in [1.54, 1.807) is 57.2 Å². The van der Waals surface area contributed by atoms with Crippen LogP contribution >= 0.6 is 35.3 Å². The van der Waals surface area contributed by atoms with Gasteiger partial charge in [0.1, 0.15) is 0 Å². The molecule has 0 radical (unpaired) electrons. The second-order valence-corrected chi connectivity index (χ2v) is 11.3. The summed E-state index contributed by atoms with van der Waals surface area (Å²) in [5, 5.41) is 6.97. The highest BCUT2D eigenvalue weighted by Crippen LogP contribution is 2.36. The van der Waals surface area contributed by atoms with Crippen molar-refractivity contribution in [2.45, 2.75) is 38.9 Å². The van der Waals surface area contributed by atoms with E-state index >= 15 is 0 Å². The number of alkyl halides is 3. The van der Waals surface area contributed by atoms with Gasteiger partial charge in [0, 0.05) is 22.0 Å². The molecule has 3 aromatic rings. The molecule has 0 N–H and O–H groups in total. The molecule has 0 aliphatic carbocycles. The number of carbonyl (C=O) groups excluding carboxylic acids is 2. The quantitative estimate of drug-likeness (QED) is 0.242. The molecule has 0 fully saturated rings. The zero-order valence-corrected chi connectivity index (χ0v) is 25.1. The Morgan fingerprint density at radius 1 is 1.00 bits per heavy atom. The standard InChI is InChI=1S/C29H27Cl2F3N4O3S/c1-4-41-28(40)37(18(2)3)42-38(24-15-9-21(10-16-24)29(32,33)34)27(39)36-17-25(19-5-11-22(30)12-6-19)26(35-36)20-7-13-23(31)14-8-20/h5-16,18,25H,4,17H2,1-3H3. The molecule has 1 aliphatic heterocycles. The fraction of sp³-hybridized carbons (Fsp3) is 0.276. The van der Waals surface area contributed by atoms with E-state index in [1.165, 1.54) is 21.4 Å². The van der Waals surface area contributed by atoms with Crippen LogP contribution in [0.1, 0.15) is 43.4 Å². The second kappa shape index (κ2) is 13.3. The summed E-state index contributed by atoms with van der Waals surface area (Å²) in [6, 6.07) is 17.2. The Morgan fingerprint density at radius 2 is 1.57 bits per heavy atom. The van der Waals surface area contributed by atoms with E-state index in [2.05, 4.69) is 5.10 Å². The molecule has 0 aromatic heterocycles. The van der Waals surface area contributed by atoms with Crippen LogP contribution in [0.2, 0.25) is 10.0 Å². The lowest BCUT2D eigenvalue weighted by atomic mass is 9.91. The first-order valence-corrected chi connectivity index (χ1v) is 14.4. The first-order chi connectivity index (χ1) is 19.9. The van der Waals surface area contributed by atoms with Crippen molar-refractivity contribution >= 4 is 58.9 Å². The largest absolute Gasteiger partial charge is 0.449 e. The fourth-order valence-electron chi connectivity index (χ4n) is 4.16. The van der Waals surface area contributed by atoms with E-state index in [0.29, 0.717) is 15.8 Å². The van der Waals surface area contributed by atoms with Gasteiger partial charge in [-0.2, -0.15) is 18.3 Å². The Balaban J connectivity index is 1.75. The number of anilines is 1. The van der Waals surface area contributed by atoms with E-state index in [0.717, 1.165) is 39.7 Å². The van der Waals surface area contributed by atoms with Gasteiger partial charge in [0.2, 0.25) is 0 Å². The monoisotopic (exact) mass is 638 g/mol. The second-order valence-electron chi connectivity index (χ2n) is 9.50. The Kier molecular flexibility index (Phi) is 9.96. The van der Waals surface area contributed by atoms with Gasteiger partial charge in [0.05, 0.1) is 42.2 Å². The molecule has 7 nitrogen and oxygen atoms in total. The Bertz CT molecular complexity index is 1440. The Labute approximate surface area is 256 Å². The number of amides is 3. The van der Waals surface area contributed by atoms with Gasteiger partial charge < -0.3 is 4.74 Å². The SMILES string of the molecule is CCOC(=O)N(SN(C(=O)N1CC(c2ccc(Cl)cc2)C(c2ccc(Cl)cc2)=N1)c1ccc(C(F)(F)F)cc1)C(C)C. The number of nitrogens with zero attached hydrogens (tertiary/aromatic N) is 4. The first-order valence-electron chi connectivity index (χ1n) is 12.9. The molecule has 0 saturated carbocycles. The zero-order chi connectivity index (χ0) is 30.6. The van der Waals surface area contributed by atoms with Gasteiger partial charge in [-0.05, 0) is 80.4 Å². The molecular weight excluding hydrogens is 612 g/mol. The van der Waals surface area contributed by atoms with E-state index in [4.69, 9.17) is 27.9 Å². The van der Waals surface area contributed by atoms with Crippen molar-refractivity contribution in [3.63, 3.8) is 0 Å². The summed E-state index contributed by atoms with van der Waals surface area (Å²) in [5.74, 6) is -0.349. The van der Waals surface area contributed by atoms with Crippen LogP contribution in [0.4, 0.5) is 28.4 Å². The molecule has 42 heavy (non-hydrogen) atoms. The number of halogens is 5. The number of hydrogen-bond acceptors (Lipinski definition) is 5. The van der Waals surface area contributed by atoms with Crippen LogP contribution in [0, 0.1) is 0 Å². The van der Waals surface area contributed by atoms with Gasteiger partial charge >= 0.3 is 18.3 Å². The summed E-state index contributed by atoms with van der Waals surface area (Å²) in [4.78, 5) is 26.9. The lowest BCUT2D eigenvalue weighted by Crippen LogP contribution is -2.42. The molecule has 0 spiro atoms. The molecule has 1 atom stereocenters. The molecule has 1 unspecified atom stereocenters. The number of hydrogen-bond donors (Lipinski definition) is 0. The summed E-state index contributed by atoms with van der Waals surface area (Å²) in [7, 11) is 0. The molecule has 0 saturated heterocycles. The predicted octanol–water partition coefficient (Wildman–Crippen LogP) is 8.87. The predicted molar refractivity (Wildman–Crippen MR) is 160 cm³/mol. The third-order valence-electron chi connectivity index (χ3n) is 6.24. The molecule has 13 heteroatoms. The summed E-state index contributed by atoms with van der Waals surface area (Å²) < 4.78 is 47.4. The highest BCUT2D eigenvalue weighted by atomic mass is 35.5. The molecule has 0 bridgehead atoms. The highest BCUT2D eigenvalue weighted by molar-refractivity contribution is 7.99. The third kappa shape index (κ3) is 7.32. The minimum Gasteiger partial charge on any atom is -0.449 e. The molecule has 1 aliphatic rings. The van der Waals surface area contributed by atoms with Crippen LogP contribution in [-0.4, -0.2) is 46.3 Å². The summed E-state index contributed by atoms with van der Waals surface area (Å²) in [6.45, 7) is 5.32. The molecule has 3 aromatic carbocycles. The van der Waals surface area contributed by atoms with Crippen LogP contribution in [0.3, 0.4) is 0 Å². The van der Waals surface area contributed by atoms with Crippen molar-refractivity contribution in [1.29, 1.82) is 0 Å². The smallest absolute Gasteiger partial charge is 0.421 e. The fourth-order valence-corrected chi connectivity index (χ4v) is 5.27. The van der Waals surface area contributed by atoms with Crippen molar-refractivity contribution in [2.24, 2.45) is 5.10 Å². The average molecular weight is 640 g/mol. The topological polar surface area (TPSA) is 65.5 Å². The maximum absolute atomic E-state index is 14.1. The van der Waals surface area contributed by atoms with Crippen molar-refractivity contribution < 1.29 is 27.5 Å². The van der Waals surface area contributed by atoms with E-state index < -0.39 is 29.9 Å². The molecule has 3 amide bonds. The lowest BCUT2D eigenvalue weighted by Gasteiger charge is -2.31. The Hall–Kier alpha value is -3.41. The molecular formula is C29H27Cl2F3N4O3S. The average Bonchev–Trinajstić information content (AvgIpc) is 3.39. The van der Waals surface area contributed by atoms with Gasteiger partial charge in [0.25, 0.3) is 0 Å². The molecule has 4 rings (SSSR count). The normalized spacial score (nSPS) is 15.0. The van der Waals surface area contributed by atoms with Crippen LogP contribution in [0.15, 0.2) is 77.9 Å². The maximum Gasteiger partial charge on any atom is 0.421 e. The van der Waals surface area contributed by atoms with Gasteiger partial charge in [0.15, 0.2) is 0 Å². The van der Waals surface area contributed by atoms with Gasteiger partial charge in [-0.25, -0.2) is 23.2 Å². The third-order valence-corrected chi connectivity index (χ3v) is 8.02. The van der Waals surface area contributed by atoms with Crippen LogP contribution in [0.25, 0.3) is 0 Å². The van der Waals surface area contributed by atoms with E-state index in [-0.39, 0.29) is 24.8 Å². The number of ether oxygens (including phenoxy) is 1. The van der Waals surface area contributed by atoms with Crippen molar-refractivity contribution in [1.82, 2.24) is 9.31 Å². The van der Waals surface area contributed by atoms with Crippen molar-refractivity contribution in [3.05, 3.63) is 99.5 Å². The highest BCUT2D eigenvalue weighted by Gasteiger charge is 2.37. The van der Waals surface area contributed by atoms with E-state index in [1.807, 2.05) is 12.1 Å². The molecule has 222 valence electrons. The minimum absolute atomic E-state index is 0.0977. The van der Waals surface area contributed by atoms with Gasteiger partial charge in [-0.3, -0.25) is 0 Å². The van der Waals surface area contributed by atoms with Crippen molar-refractivity contribution in [2.75, 3.05) is 17.5 Å².